The van der Waals surface area contributed by atoms with Crippen LogP contribution >= 0.6 is 0 Å². The van der Waals surface area contributed by atoms with Crippen molar-refractivity contribution in [3.05, 3.63) is 35.9 Å². The van der Waals surface area contributed by atoms with Crippen LogP contribution < -0.4 is 5.32 Å². The summed E-state index contributed by atoms with van der Waals surface area (Å²) in [7, 11) is 0. The summed E-state index contributed by atoms with van der Waals surface area (Å²) in [5, 5.41) is 3.48. The van der Waals surface area contributed by atoms with E-state index in [1.807, 2.05) is 35.2 Å². The van der Waals surface area contributed by atoms with Gasteiger partial charge >= 0.3 is 0 Å². The van der Waals surface area contributed by atoms with Crippen LogP contribution in [-0.4, -0.2) is 36.5 Å². The third-order valence-electron chi connectivity index (χ3n) is 3.64. The molecule has 3 heteroatoms. The number of likely N-dealkylation sites (tertiary alicyclic amines) is 1. The van der Waals surface area contributed by atoms with Gasteiger partial charge in [0.25, 0.3) is 5.91 Å². The van der Waals surface area contributed by atoms with Crippen molar-refractivity contribution >= 4 is 5.91 Å². The molecule has 0 radical (unpaired) electrons. The van der Waals surface area contributed by atoms with Crippen molar-refractivity contribution in [2.45, 2.75) is 32.7 Å². The van der Waals surface area contributed by atoms with Crippen molar-refractivity contribution < 1.29 is 4.79 Å². The van der Waals surface area contributed by atoms with E-state index in [4.69, 9.17) is 0 Å². The molecular weight excluding hydrogens is 236 g/mol. The lowest BCUT2D eigenvalue weighted by Gasteiger charge is -2.33. The van der Waals surface area contributed by atoms with E-state index >= 15 is 0 Å². The van der Waals surface area contributed by atoms with E-state index in [0.29, 0.717) is 12.0 Å². The lowest BCUT2D eigenvalue weighted by molar-refractivity contribution is 0.0672. The second kappa shape index (κ2) is 6.71. The Morgan fingerprint density at radius 2 is 2.11 bits per heavy atom. The number of nitrogens with one attached hydrogen (secondary N) is 1. The van der Waals surface area contributed by atoms with Crippen LogP contribution in [0.3, 0.4) is 0 Å². The normalized spacial score (nSPS) is 19.7. The average molecular weight is 260 g/mol. The summed E-state index contributed by atoms with van der Waals surface area (Å²) in [5.74, 6) is 0.763. The molecule has 1 fully saturated rings. The van der Waals surface area contributed by atoms with Gasteiger partial charge in [-0.3, -0.25) is 4.79 Å². The summed E-state index contributed by atoms with van der Waals surface area (Å²) < 4.78 is 0. The van der Waals surface area contributed by atoms with E-state index in [0.717, 1.165) is 31.6 Å². The SMILES string of the molecule is CC(C)NCC1CCCN(C(=O)c2ccccc2)C1. The minimum absolute atomic E-state index is 0.176. The summed E-state index contributed by atoms with van der Waals surface area (Å²) in [6, 6.07) is 10.1. The second-order valence-corrected chi connectivity index (χ2v) is 5.69. The lowest BCUT2D eigenvalue weighted by Crippen LogP contribution is -2.43. The van der Waals surface area contributed by atoms with Gasteiger partial charge in [0, 0.05) is 24.7 Å². The zero-order chi connectivity index (χ0) is 13.7. The number of carbonyl (C=O) groups excluding carboxylic acids is 1. The van der Waals surface area contributed by atoms with Gasteiger partial charge in [-0.2, -0.15) is 0 Å². The predicted molar refractivity (Wildman–Crippen MR) is 78.2 cm³/mol. The molecule has 104 valence electrons. The molecule has 0 aliphatic carbocycles. The zero-order valence-electron chi connectivity index (χ0n) is 11.9. The fourth-order valence-corrected chi connectivity index (χ4v) is 2.58. The van der Waals surface area contributed by atoms with Gasteiger partial charge in [0.05, 0.1) is 0 Å². The molecule has 3 nitrogen and oxygen atoms in total. The number of piperidine rings is 1. The summed E-state index contributed by atoms with van der Waals surface area (Å²) in [4.78, 5) is 14.4. The van der Waals surface area contributed by atoms with E-state index in [1.54, 1.807) is 0 Å². The first kappa shape index (κ1) is 14.1. The van der Waals surface area contributed by atoms with E-state index in [-0.39, 0.29) is 5.91 Å². The molecule has 0 bridgehead atoms. The summed E-state index contributed by atoms with van der Waals surface area (Å²) in [6.07, 6.45) is 2.33. The van der Waals surface area contributed by atoms with Gasteiger partial charge < -0.3 is 10.2 Å². The molecule has 0 spiro atoms. The van der Waals surface area contributed by atoms with Crippen molar-refractivity contribution in [1.82, 2.24) is 10.2 Å². The molecule has 1 N–H and O–H groups in total. The zero-order valence-corrected chi connectivity index (χ0v) is 11.9. The summed E-state index contributed by atoms with van der Waals surface area (Å²) >= 11 is 0. The Labute approximate surface area is 116 Å². The first-order valence-corrected chi connectivity index (χ1v) is 7.24. The van der Waals surface area contributed by atoms with Gasteiger partial charge in [0.1, 0.15) is 0 Å². The number of hydrogen-bond donors (Lipinski definition) is 1. The topological polar surface area (TPSA) is 32.3 Å². The summed E-state index contributed by atoms with van der Waals surface area (Å²) in [5.41, 5.74) is 0.806. The molecule has 1 aliphatic heterocycles. The van der Waals surface area contributed by atoms with Crippen molar-refractivity contribution in [2.75, 3.05) is 19.6 Å². The van der Waals surface area contributed by atoms with Crippen LogP contribution in [0.5, 0.6) is 0 Å². The van der Waals surface area contributed by atoms with Gasteiger partial charge in [0.2, 0.25) is 0 Å². The highest BCUT2D eigenvalue weighted by molar-refractivity contribution is 5.94. The number of nitrogens with zero attached hydrogens (tertiary/aromatic N) is 1. The van der Waals surface area contributed by atoms with E-state index in [2.05, 4.69) is 19.2 Å². The molecule has 0 saturated carbocycles. The second-order valence-electron chi connectivity index (χ2n) is 5.69. The standard InChI is InChI=1S/C16H24N2O/c1-13(2)17-11-14-7-6-10-18(12-14)16(19)15-8-4-3-5-9-15/h3-5,8-9,13-14,17H,6-7,10-12H2,1-2H3. The minimum Gasteiger partial charge on any atom is -0.338 e. The van der Waals surface area contributed by atoms with Crippen LogP contribution in [0.4, 0.5) is 0 Å². The van der Waals surface area contributed by atoms with Crippen LogP contribution in [0.15, 0.2) is 30.3 Å². The van der Waals surface area contributed by atoms with Crippen molar-refractivity contribution in [2.24, 2.45) is 5.92 Å². The largest absolute Gasteiger partial charge is 0.338 e. The first-order valence-electron chi connectivity index (χ1n) is 7.24. The Hall–Kier alpha value is -1.35. The van der Waals surface area contributed by atoms with Crippen LogP contribution in [0, 0.1) is 5.92 Å². The Balaban J connectivity index is 1.92. The van der Waals surface area contributed by atoms with Crippen molar-refractivity contribution in [3.8, 4) is 0 Å². The van der Waals surface area contributed by atoms with Crippen molar-refractivity contribution in [1.29, 1.82) is 0 Å². The molecule has 1 atom stereocenters. The number of amides is 1. The van der Waals surface area contributed by atoms with E-state index in [1.165, 1.54) is 6.42 Å². The van der Waals surface area contributed by atoms with Gasteiger partial charge in [-0.05, 0) is 37.4 Å². The Morgan fingerprint density at radius 3 is 2.79 bits per heavy atom. The predicted octanol–water partition coefficient (Wildman–Crippen LogP) is 2.54. The number of carbonyl (C=O) groups is 1. The van der Waals surface area contributed by atoms with Gasteiger partial charge in [-0.15, -0.1) is 0 Å². The quantitative estimate of drug-likeness (QED) is 0.902. The maximum atomic E-state index is 12.4. The number of rotatable bonds is 4. The average Bonchev–Trinajstić information content (AvgIpc) is 2.45. The molecule has 2 rings (SSSR count). The van der Waals surface area contributed by atoms with Gasteiger partial charge in [-0.1, -0.05) is 32.0 Å². The van der Waals surface area contributed by atoms with E-state index < -0.39 is 0 Å². The molecule has 1 saturated heterocycles. The molecule has 1 aromatic rings. The number of benzene rings is 1. The fraction of sp³-hybridized carbons (Fsp3) is 0.562. The number of hydrogen-bond acceptors (Lipinski definition) is 2. The molecular formula is C16H24N2O. The summed E-state index contributed by atoms with van der Waals surface area (Å²) in [6.45, 7) is 7.11. The molecule has 0 aromatic heterocycles. The van der Waals surface area contributed by atoms with Crippen LogP contribution in [0.25, 0.3) is 0 Å². The van der Waals surface area contributed by atoms with Crippen molar-refractivity contribution in [3.63, 3.8) is 0 Å². The van der Waals surface area contributed by atoms with Gasteiger partial charge in [-0.25, -0.2) is 0 Å². The third-order valence-corrected chi connectivity index (χ3v) is 3.64. The van der Waals surface area contributed by atoms with E-state index in [9.17, 15) is 4.79 Å². The lowest BCUT2D eigenvalue weighted by atomic mass is 9.97. The highest BCUT2D eigenvalue weighted by atomic mass is 16.2. The highest BCUT2D eigenvalue weighted by Gasteiger charge is 2.24. The monoisotopic (exact) mass is 260 g/mol. The smallest absolute Gasteiger partial charge is 0.253 e. The Bertz CT molecular complexity index is 402. The van der Waals surface area contributed by atoms with Gasteiger partial charge in [0.15, 0.2) is 0 Å². The molecule has 1 unspecified atom stereocenters. The maximum Gasteiger partial charge on any atom is 0.253 e. The molecule has 1 heterocycles. The molecule has 1 amide bonds. The van der Waals surface area contributed by atoms with Crippen LogP contribution in [-0.2, 0) is 0 Å². The van der Waals surface area contributed by atoms with Crippen LogP contribution in [0.1, 0.15) is 37.0 Å². The highest BCUT2D eigenvalue weighted by Crippen LogP contribution is 2.18. The Kier molecular flexibility index (Phi) is 4.97. The Morgan fingerprint density at radius 1 is 1.37 bits per heavy atom. The molecule has 19 heavy (non-hydrogen) atoms. The molecule has 1 aromatic carbocycles. The molecule has 1 aliphatic rings. The third kappa shape index (κ3) is 4.06. The first-order chi connectivity index (χ1) is 9.16. The maximum absolute atomic E-state index is 12.4. The fourth-order valence-electron chi connectivity index (χ4n) is 2.58. The minimum atomic E-state index is 0.176. The van der Waals surface area contributed by atoms with Crippen LogP contribution in [0.2, 0.25) is 0 Å².